The summed E-state index contributed by atoms with van der Waals surface area (Å²) < 4.78 is 5.86. The number of pyridine rings is 1. The molecule has 2 atom stereocenters. The molecule has 1 aromatic heterocycles. The SMILES string of the molecule is CN=C(NCCc1ccccn1)NCc1ccccc1CN1CC(C)OC(C)C1.I. The van der Waals surface area contributed by atoms with Crippen molar-refractivity contribution >= 4 is 29.9 Å². The first kappa shape index (κ1) is 24.6. The molecule has 1 saturated heterocycles. The second kappa shape index (κ2) is 12.9. The fourth-order valence-corrected chi connectivity index (χ4v) is 3.79. The van der Waals surface area contributed by atoms with E-state index in [-0.39, 0.29) is 36.2 Å². The van der Waals surface area contributed by atoms with Gasteiger partial charge in [0.25, 0.3) is 0 Å². The summed E-state index contributed by atoms with van der Waals surface area (Å²) in [6.07, 6.45) is 3.26. The molecule has 6 nitrogen and oxygen atoms in total. The number of guanidine groups is 1. The Balaban J connectivity index is 0.00000320. The number of nitrogens with zero attached hydrogens (tertiary/aromatic N) is 3. The quantitative estimate of drug-likeness (QED) is 0.332. The molecule has 1 aliphatic rings. The maximum atomic E-state index is 5.86. The van der Waals surface area contributed by atoms with Crippen LogP contribution in [0.4, 0.5) is 0 Å². The molecule has 1 aromatic carbocycles. The highest BCUT2D eigenvalue weighted by molar-refractivity contribution is 14.0. The van der Waals surface area contributed by atoms with Crippen LogP contribution in [-0.2, 0) is 24.2 Å². The van der Waals surface area contributed by atoms with Gasteiger partial charge in [0, 0.05) is 58.1 Å². The van der Waals surface area contributed by atoms with Crippen molar-refractivity contribution < 1.29 is 4.74 Å². The summed E-state index contributed by atoms with van der Waals surface area (Å²) in [6.45, 7) is 8.73. The van der Waals surface area contributed by atoms with Gasteiger partial charge in [-0.2, -0.15) is 0 Å². The fourth-order valence-electron chi connectivity index (χ4n) is 3.79. The third-order valence-corrected chi connectivity index (χ3v) is 5.08. The summed E-state index contributed by atoms with van der Waals surface area (Å²) in [4.78, 5) is 11.2. The van der Waals surface area contributed by atoms with Crippen LogP contribution in [0, 0.1) is 0 Å². The molecule has 0 saturated carbocycles. The number of halogens is 1. The predicted octanol–water partition coefficient (Wildman–Crippen LogP) is 3.22. The Morgan fingerprint density at radius 1 is 1.07 bits per heavy atom. The summed E-state index contributed by atoms with van der Waals surface area (Å²) in [7, 11) is 1.80. The molecule has 164 valence electrons. The first-order chi connectivity index (χ1) is 14.1. The average molecular weight is 523 g/mol. The molecule has 0 amide bonds. The molecule has 1 fully saturated rings. The molecule has 7 heteroatoms. The first-order valence-electron chi connectivity index (χ1n) is 10.4. The van der Waals surface area contributed by atoms with Gasteiger partial charge in [0.05, 0.1) is 12.2 Å². The average Bonchev–Trinajstić information content (AvgIpc) is 2.71. The number of hydrogen-bond acceptors (Lipinski definition) is 4. The van der Waals surface area contributed by atoms with Gasteiger partial charge >= 0.3 is 0 Å². The zero-order valence-electron chi connectivity index (χ0n) is 18.2. The number of aromatic nitrogens is 1. The van der Waals surface area contributed by atoms with E-state index in [1.165, 1.54) is 11.1 Å². The maximum absolute atomic E-state index is 5.86. The number of morpholine rings is 1. The van der Waals surface area contributed by atoms with Gasteiger partial charge < -0.3 is 15.4 Å². The molecule has 3 rings (SSSR count). The van der Waals surface area contributed by atoms with Crippen LogP contribution in [-0.4, -0.2) is 54.7 Å². The number of rotatable bonds is 7. The predicted molar refractivity (Wildman–Crippen MR) is 133 cm³/mol. The Morgan fingerprint density at radius 3 is 2.43 bits per heavy atom. The molecule has 0 aliphatic carbocycles. The van der Waals surface area contributed by atoms with Gasteiger partial charge in [-0.15, -0.1) is 24.0 Å². The molecule has 2 heterocycles. The van der Waals surface area contributed by atoms with Crippen LogP contribution >= 0.6 is 24.0 Å². The third-order valence-electron chi connectivity index (χ3n) is 5.08. The second-order valence-corrected chi connectivity index (χ2v) is 7.64. The largest absolute Gasteiger partial charge is 0.373 e. The lowest BCUT2D eigenvalue weighted by atomic mass is 10.1. The van der Waals surface area contributed by atoms with Gasteiger partial charge in [-0.3, -0.25) is 14.9 Å². The highest BCUT2D eigenvalue weighted by atomic mass is 127. The highest BCUT2D eigenvalue weighted by Crippen LogP contribution is 2.17. The number of ether oxygens (including phenoxy) is 1. The van der Waals surface area contributed by atoms with Crippen LogP contribution in [0.25, 0.3) is 0 Å². The zero-order chi connectivity index (χ0) is 20.5. The van der Waals surface area contributed by atoms with Crippen molar-refractivity contribution in [1.29, 1.82) is 0 Å². The Labute approximate surface area is 197 Å². The third kappa shape index (κ3) is 7.85. The van der Waals surface area contributed by atoms with Gasteiger partial charge in [0.15, 0.2) is 5.96 Å². The van der Waals surface area contributed by atoms with Crippen molar-refractivity contribution in [3.63, 3.8) is 0 Å². The van der Waals surface area contributed by atoms with Crippen molar-refractivity contribution in [2.45, 2.75) is 45.6 Å². The van der Waals surface area contributed by atoms with Crippen molar-refractivity contribution in [2.24, 2.45) is 4.99 Å². The molecular formula is C23H34IN5O. The van der Waals surface area contributed by atoms with Crippen molar-refractivity contribution in [1.82, 2.24) is 20.5 Å². The fraction of sp³-hybridized carbons (Fsp3) is 0.478. The monoisotopic (exact) mass is 523 g/mol. The summed E-state index contributed by atoms with van der Waals surface area (Å²) in [6, 6.07) is 14.6. The normalized spacial score (nSPS) is 19.8. The van der Waals surface area contributed by atoms with Crippen molar-refractivity contribution in [3.8, 4) is 0 Å². The lowest BCUT2D eigenvalue weighted by molar-refractivity contribution is -0.0705. The van der Waals surface area contributed by atoms with E-state index in [2.05, 4.69) is 63.6 Å². The topological polar surface area (TPSA) is 61.8 Å². The van der Waals surface area contributed by atoms with Gasteiger partial charge in [-0.1, -0.05) is 30.3 Å². The van der Waals surface area contributed by atoms with E-state index in [1.54, 1.807) is 7.05 Å². The minimum absolute atomic E-state index is 0. The smallest absolute Gasteiger partial charge is 0.191 e. The van der Waals surface area contributed by atoms with Crippen LogP contribution in [0.3, 0.4) is 0 Å². The molecule has 2 N–H and O–H groups in total. The molecule has 1 aliphatic heterocycles. The first-order valence-corrected chi connectivity index (χ1v) is 10.4. The van der Waals surface area contributed by atoms with E-state index >= 15 is 0 Å². The minimum Gasteiger partial charge on any atom is -0.373 e. The molecule has 0 bridgehead atoms. The van der Waals surface area contributed by atoms with E-state index in [4.69, 9.17) is 4.74 Å². The van der Waals surface area contributed by atoms with Gasteiger partial charge in [-0.25, -0.2) is 0 Å². The van der Waals surface area contributed by atoms with Crippen molar-refractivity contribution in [2.75, 3.05) is 26.7 Å². The zero-order valence-corrected chi connectivity index (χ0v) is 20.5. The van der Waals surface area contributed by atoms with E-state index in [0.29, 0.717) is 0 Å². The second-order valence-electron chi connectivity index (χ2n) is 7.64. The summed E-state index contributed by atoms with van der Waals surface area (Å²) >= 11 is 0. The lowest BCUT2D eigenvalue weighted by Gasteiger charge is -2.35. The highest BCUT2D eigenvalue weighted by Gasteiger charge is 2.22. The molecule has 0 spiro atoms. The molecule has 30 heavy (non-hydrogen) atoms. The van der Waals surface area contributed by atoms with Gasteiger partial charge in [0.1, 0.15) is 0 Å². The van der Waals surface area contributed by atoms with E-state index < -0.39 is 0 Å². The summed E-state index contributed by atoms with van der Waals surface area (Å²) in [5, 5.41) is 6.81. The summed E-state index contributed by atoms with van der Waals surface area (Å²) in [5.74, 6) is 0.810. The number of nitrogens with one attached hydrogen (secondary N) is 2. The number of hydrogen-bond donors (Lipinski definition) is 2. The van der Waals surface area contributed by atoms with Crippen LogP contribution in [0.2, 0.25) is 0 Å². The number of aliphatic imine (C=N–C) groups is 1. The number of benzene rings is 1. The van der Waals surface area contributed by atoms with Crippen LogP contribution in [0.15, 0.2) is 53.7 Å². The molecule has 2 unspecified atom stereocenters. The standard InChI is InChI=1S/C23H33N5O.HI/c1-18-15-28(16-19(2)29-18)17-21-9-5-4-8-20(21)14-27-23(24-3)26-13-11-22-10-6-7-12-25-22;/h4-10,12,18-19H,11,13-17H2,1-3H3,(H2,24,26,27);1H. The summed E-state index contributed by atoms with van der Waals surface area (Å²) in [5.41, 5.74) is 3.73. The molecule has 0 radical (unpaired) electrons. The van der Waals surface area contributed by atoms with E-state index in [0.717, 1.165) is 50.8 Å². The van der Waals surface area contributed by atoms with Crippen LogP contribution in [0.5, 0.6) is 0 Å². The van der Waals surface area contributed by atoms with Gasteiger partial charge in [-0.05, 0) is 37.1 Å². The lowest BCUT2D eigenvalue weighted by Crippen LogP contribution is -2.45. The molecular weight excluding hydrogens is 489 g/mol. The van der Waals surface area contributed by atoms with Crippen LogP contribution in [0.1, 0.15) is 30.7 Å². The van der Waals surface area contributed by atoms with Gasteiger partial charge in [0.2, 0.25) is 0 Å². The van der Waals surface area contributed by atoms with Crippen LogP contribution < -0.4 is 10.6 Å². The van der Waals surface area contributed by atoms with E-state index in [9.17, 15) is 0 Å². The van der Waals surface area contributed by atoms with Crippen molar-refractivity contribution in [3.05, 3.63) is 65.5 Å². The Hall–Kier alpha value is -1.71. The minimum atomic E-state index is 0. The Bertz CT molecular complexity index is 776. The van der Waals surface area contributed by atoms with E-state index in [1.807, 2.05) is 24.4 Å². The maximum Gasteiger partial charge on any atom is 0.191 e. The Kier molecular flexibility index (Phi) is 10.5. The Morgan fingerprint density at radius 2 is 1.77 bits per heavy atom. The molecule has 2 aromatic rings.